The molecule has 0 aliphatic carbocycles. The monoisotopic (exact) mass is 260 g/mol. The van der Waals surface area contributed by atoms with E-state index in [-0.39, 0.29) is 0 Å². The van der Waals surface area contributed by atoms with E-state index in [1.165, 1.54) is 15.4 Å². The van der Waals surface area contributed by atoms with E-state index in [1.54, 1.807) is 11.3 Å². The molecule has 1 unspecified atom stereocenters. The summed E-state index contributed by atoms with van der Waals surface area (Å²) in [6.07, 6.45) is 4.17. The first-order chi connectivity index (χ1) is 8.78. The summed E-state index contributed by atoms with van der Waals surface area (Å²) in [4.78, 5) is 5.67. The van der Waals surface area contributed by atoms with Gasteiger partial charge in [0.25, 0.3) is 0 Å². The molecule has 0 saturated carbocycles. The van der Waals surface area contributed by atoms with Crippen LogP contribution in [-0.2, 0) is 13.0 Å². The molecule has 0 aliphatic rings. The maximum Gasteiger partial charge on any atom is 0.107 e. The summed E-state index contributed by atoms with van der Waals surface area (Å²) in [5.41, 5.74) is 1.40. The van der Waals surface area contributed by atoms with Gasteiger partial charge in [0.2, 0.25) is 0 Å². The SMILES string of the molecule is CCC(Cc1ccccc1)NCc1ncc(C)s1. The molecule has 1 aromatic carbocycles. The van der Waals surface area contributed by atoms with Gasteiger partial charge in [-0.2, -0.15) is 0 Å². The van der Waals surface area contributed by atoms with Crippen LogP contribution >= 0.6 is 11.3 Å². The van der Waals surface area contributed by atoms with Crippen LogP contribution in [-0.4, -0.2) is 11.0 Å². The number of aromatic nitrogens is 1. The van der Waals surface area contributed by atoms with Gasteiger partial charge in [0.1, 0.15) is 5.01 Å². The Labute approximate surface area is 113 Å². The average Bonchev–Trinajstić information content (AvgIpc) is 2.81. The number of benzene rings is 1. The molecule has 2 aromatic rings. The Kier molecular flexibility index (Phi) is 4.90. The van der Waals surface area contributed by atoms with Crippen LogP contribution in [0.1, 0.15) is 28.8 Å². The Balaban J connectivity index is 1.86. The number of nitrogens with zero attached hydrogens (tertiary/aromatic N) is 1. The second-order valence-electron chi connectivity index (χ2n) is 4.54. The normalized spacial score (nSPS) is 12.6. The molecule has 3 heteroatoms. The minimum absolute atomic E-state index is 0.525. The molecule has 96 valence electrons. The van der Waals surface area contributed by atoms with Crippen molar-refractivity contribution < 1.29 is 0 Å². The van der Waals surface area contributed by atoms with Crippen LogP contribution in [0.25, 0.3) is 0 Å². The zero-order chi connectivity index (χ0) is 12.8. The molecule has 0 radical (unpaired) electrons. The van der Waals surface area contributed by atoms with Gasteiger partial charge in [-0.3, -0.25) is 0 Å². The lowest BCUT2D eigenvalue weighted by Crippen LogP contribution is -2.29. The Bertz CT molecular complexity index is 464. The Hall–Kier alpha value is -1.19. The second kappa shape index (κ2) is 6.66. The summed E-state index contributed by atoms with van der Waals surface area (Å²) in [7, 11) is 0. The lowest BCUT2D eigenvalue weighted by atomic mass is 10.0. The lowest BCUT2D eigenvalue weighted by molar-refractivity contribution is 0.493. The van der Waals surface area contributed by atoms with Crippen LogP contribution in [0.15, 0.2) is 36.5 Å². The predicted octanol–water partition coefficient (Wildman–Crippen LogP) is 3.56. The fraction of sp³-hybridized carbons (Fsp3) is 0.400. The number of hydrogen-bond acceptors (Lipinski definition) is 3. The third kappa shape index (κ3) is 3.93. The van der Waals surface area contributed by atoms with Crippen molar-refractivity contribution in [3.05, 3.63) is 52.0 Å². The average molecular weight is 260 g/mol. The van der Waals surface area contributed by atoms with Crippen LogP contribution in [0.2, 0.25) is 0 Å². The van der Waals surface area contributed by atoms with Crippen molar-refractivity contribution in [3.63, 3.8) is 0 Å². The number of aryl methyl sites for hydroxylation is 1. The van der Waals surface area contributed by atoms with Crippen molar-refractivity contribution in [1.82, 2.24) is 10.3 Å². The lowest BCUT2D eigenvalue weighted by Gasteiger charge is -2.16. The maximum atomic E-state index is 4.39. The van der Waals surface area contributed by atoms with Crippen molar-refractivity contribution in [1.29, 1.82) is 0 Å². The molecule has 0 amide bonds. The fourth-order valence-electron chi connectivity index (χ4n) is 1.97. The van der Waals surface area contributed by atoms with E-state index in [4.69, 9.17) is 0 Å². The fourth-order valence-corrected chi connectivity index (χ4v) is 2.71. The van der Waals surface area contributed by atoms with E-state index in [0.717, 1.165) is 19.4 Å². The summed E-state index contributed by atoms with van der Waals surface area (Å²) in [5, 5.41) is 4.78. The van der Waals surface area contributed by atoms with Gasteiger partial charge in [-0.1, -0.05) is 37.3 Å². The summed E-state index contributed by atoms with van der Waals surface area (Å²) in [5.74, 6) is 0. The number of rotatable bonds is 6. The first-order valence-electron chi connectivity index (χ1n) is 6.46. The van der Waals surface area contributed by atoms with Gasteiger partial charge in [-0.25, -0.2) is 4.98 Å². The van der Waals surface area contributed by atoms with Gasteiger partial charge in [0.05, 0.1) is 0 Å². The number of thiazole rings is 1. The zero-order valence-electron chi connectivity index (χ0n) is 11.0. The standard InChI is InChI=1S/C15H20N2S/c1-3-14(9-13-7-5-4-6-8-13)16-11-15-17-10-12(2)18-15/h4-8,10,14,16H,3,9,11H2,1-2H3. The maximum absolute atomic E-state index is 4.39. The molecule has 0 bridgehead atoms. The molecule has 0 aliphatic heterocycles. The topological polar surface area (TPSA) is 24.9 Å². The van der Waals surface area contributed by atoms with E-state index >= 15 is 0 Å². The predicted molar refractivity (Wildman–Crippen MR) is 77.9 cm³/mol. The van der Waals surface area contributed by atoms with E-state index in [0.29, 0.717) is 6.04 Å². The molecule has 1 atom stereocenters. The summed E-state index contributed by atoms with van der Waals surface area (Å²) >= 11 is 1.77. The zero-order valence-corrected chi connectivity index (χ0v) is 11.8. The van der Waals surface area contributed by atoms with Crippen LogP contribution < -0.4 is 5.32 Å². The number of hydrogen-bond donors (Lipinski definition) is 1. The van der Waals surface area contributed by atoms with E-state index < -0.39 is 0 Å². The van der Waals surface area contributed by atoms with Crippen LogP contribution in [0, 0.1) is 6.92 Å². The Morgan fingerprint density at radius 3 is 2.67 bits per heavy atom. The first-order valence-corrected chi connectivity index (χ1v) is 7.28. The largest absolute Gasteiger partial charge is 0.307 e. The second-order valence-corrected chi connectivity index (χ2v) is 5.86. The van der Waals surface area contributed by atoms with Crippen LogP contribution in [0.5, 0.6) is 0 Å². The molecule has 0 fully saturated rings. The van der Waals surface area contributed by atoms with E-state index in [1.807, 2.05) is 6.20 Å². The third-order valence-electron chi connectivity index (χ3n) is 3.03. The van der Waals surface area contributed by atoms with Gasteiger partial charge >= 0.3 is 0 Å². The Morgan fingerprint density at radius 2 is 2.06 bits per heavy atom. The minimum atomic E-state index is 0.525. The van der Waals surface area contributed by atoms with Crippen LogP contribution in [0.3, 0.4) is 0 Å². The van der Waals surface area contributed by atoms with Gasteiger partial charge in [0, 0.05) is 23.7 Å². The molecule has 2 nitrogen and oxygen atoms in total. The van der Waals surface area contributed by atoms with E-state index in [9.17, 15) is 0 Å². The van der Waals surface area contributed by atoms with Crippen molar-refractivity contribution in [2.45, 2.75) is 39.3 Å². The molecule has 1 aromatic heterocycles. The van der Waals surface area contributed by atoms with Crippen molar-refractivity contribution in [3.8, 4) is 0 Å². The van der Waals surface area contributed by atoms with Crippen molar-refractivity contribution >= 4 is 11.3 Å². The minimum Gasteiger partial charge on any atom is -0.307 e. The summed E-state index contributed by atoms with van der Waals surface area (Å²) in [6.45, 7) is 5.21. The molecule has 2 rings (SSSR count). The highest BCUT2D eigenvalue weighted by atomic mass is 32.1. The van der Waals surface area contributed by atoms with Gasteiger partial charge in [-0.05, 0) is 25.3 Å². The first kappa shape index (κ1) is 13.2. The van der Waals surface area contributed by atoms with Gasteiger partial charge in [0.15, 0.2) is 0 Å². The molecular formula is C15H20N2S. The van der Waals surface area contributed by atoms with Crippen LogP contribution in [0.4, 0.5) is 0 Å². The summed E-state index contributed by atoms with van der Waals surface area (Å²) < 4.78 is 0. The van der Waals surface area contributed by atoms with Crippen molar-refractivity contribution in [2.75, 3.05) is 0 Å². The molecule has 1 N–H and O–H groups in total. The summed E-state index contributed by atoms with van der Waals surface area (Å²) in [6, 6.07) is 11.2. The molecular weight excluding hydrogens is 240 g/mol. The third-order valence-corrected chi connectivity index (χ3v) is 3.94. The van der Waals surface area contributed by atoms with E-state index in [2.05, 4.69) is 54.5 Å². The quantitative estimate of drug-likeness (QED) is 0.859. The highest BCUT2D eigenvalue weighted by Gasteiger charge is 2.07. The number of nitrogens with one attached hydrogen (secondary N) is 1. The molecule has 18 heavy (non-hydrogen) atoms. The Morgan fingerprint density at radius 1 is 1.28 bits per heavy atom. The van der Waals surface area contributed by atoms with Gasteiger partial charge < -0.3 is 5.32 Å². The molecule has 0 spiro atoms. The molecule has 1 heterocycles. The van der Waals surface area contributed by atoms with Crippen molar-refractivity contribution in [2.24, 2.45) is 0 Å². The smallest absolute Gasteiger partial charge is 0.107 e. The van der Waals surface area contributed by atoms with Gasteiger partial charge in [-0.15, -0.1) is 11.3 Å². The molecule has 0 saturated heterocycles. The highest BCUT2D eigenvalue weighted by molar-refractivity contribution is 7.11. The highest BCUT2D eigenvalue weighted by Crippen LogP contribution is 2.12.